The van der Waals surface area contributed by atoms with Crippen LogP contribution >= 0.6 is 11.6 Å². The summed E-state index contributed by atoms with van der Waals surface area (Å²) < 4.78 is 43.2. The molecule has 8 heteroatoms. The molecule has 2 heterocycles. The predicted octanol–water partition coefficient (Wildman–Crippen LogP) is 2.76. The first-order valence-electron chi connectivity index (χ1n) is 5.80. The number of anilines is 1. The van der Waals surface area contributed by atoms with Crippen LogP contribution in [0.3, 0.4) is 0 Å². The van der Waals surface area contributed by atoms with Crippen molar-refractivity contribution in [3.05, 3.63) is 17.0 Å². The van der Waals surface area contributed by atoms with Gasteiger partial charge in [-0.1, -0.05) is 0 Å². The van der Waals surface area contributed by atoms with Crippen molar-refractivity contribution in [3.8, 4) is 0 Å². The normalized spacial score (nSPS) is 17.5. The number of ether oxygens (including phenoxy) is 1. The van der Waals surface area contributed by atoms with Crippen LogP contribution in [0.25, 0.3) is 0 Å². The van der Waals surface area contributed by atoms with Crippen LogP contribution < -0.4 is 4.90 Å². The van der Waals surface area contributed by atoms with E-state index in [0.29, 0.717) is 13.2 Å². The third-order valence-electron chi connectivity index (χ3n) is 3.08. The summed E-state index contributed by atoms with van der Waals surface area (Å²) in [6, 6.07) is 1.02. The molecule has 0 radical (unpaired) electrons. The molecule has 4 nitrogen and oxygen atoms in total. The minimum Gasteiger partial charge on any atom is -0.381 e. The largest absolute Gasteiger partial charge is 0.433 e. The Bertz CT molecular complexity index is 449. The van der Waals surface area contributed by atoms with Crippen LogP contribution in [0.15, 0.2) is 6.07 Å². The lowest BCUT2D eigenvalue weighted by Gasteiger charge is -2.32. The van der Waals surface area contributed by atoms with E-state index >= 15 is 0 Å². The molecule has 1 aromatic heterocycles. The smallest absolute Gasteiger partial charge is 0.381 e. The van der Waals surface area contributed by atoms with Gasteiger partial charge in [0.15, 0.2) is 5.69 Å². The highest BCUT2D eigenvalue weighted by molar-refractivity contribution is 6.28. The lowest BCUT2D eigenvalue weighted by atomic mass is 10.1. The quantitative estimate of drug-likeness (QED) is 0.787. The van der Waals surface area contributed by atoms with E-state index in [0.717, 1.165) is 18.9 Å². The molecule has 0 saturated carbocycles. The molecule has 1 saturated heterocycles. The maximum absolute atomic E-state index is 12.7. The fraction of sp³-hybridized carbons (Fsp3) is 0.636. The zero-order valence-corrected chi connectivity index (χ0v) is 11.0. The Hall–Kier alpha value is -1.08. The van der Waals surface area contributed by atoms with E-state index in [-0.39, 0.29) is 11.9 Å². The predicted molar refractivity (Wildman–Crippen MR) is 64.3 cm³/mol. The van der Waals surface area contributed by atoms with Crippen LogP contribution in [0.2, 0.25) is 5.28 Å². The zero-order chi connectivity index (χ0) is 14.0. The maximum Gasteiger partial charge on any atom is 0.433 e. The standard InChI is InChI=1S/C11H13ClF3N3O/c1-18(7-2-4-19-5-3-7)9-6-8(11(13,14)15)16-10(12)17-9/h6-7H,2-5H2,1H3. The van der Waals surface area contributed by atoms with Gasteiger partial charge in [-0.05, 0) is 24.4 Å². The van der Waals surface area contributed by atoms with Gasteiger partial charge in [-0.25, -0.2) is 9.97 Å². The number of rotatable bonds is 2. The summed E-state index contributed by atoms with van der Waals surface area (Å²) in [7, 11) is 1.70. The minimum absolute atomic E-state index is 0.0980. The molecule has 0 amide bonds. The second-order valence-corrected chi connectivity index (χ2v) is 4.67. The van der Waals surface area contributed by atoms with E-state index in [1.807, 2.05) is 0 Å². The highest BCUT2D eigenvalue weighted by Gasteiger charge is 2.34. The number of hydrogen-bond acceptors (Lipinski definition) is 4. The molecule has 1 aromatic rings. The summed E-state index contributed by atoms with van der Waals surface area (Å²) in [5.41, 5.74) is -1.03. The molecule has 0 atom stereocenters. The second kappa shape index (κ2) is 5.50. The van der Waals surface area contributed by atoms with Gasteiger partial charge >= 0.3 is 6.18 Å². The molecule has 2 rings (SSSR count). The summed E-state index contributed by atoms with van der Waals surface area (Å²) in [6.45, 7) is 1.19. The first-order valence-corrected chi connectivity index (χ1v) is 6.18. The zero-order valence-electron chi connectivity index (χ0n) is 10.2. The van der Waals surface area contributed by atoms with Crippen molar-refractivity contribution in [2.24, 2.45) is 0 Å². The first-order chi connectivity index (χ1) is 8.88. The van der Waals surface area contributed by atoms with Gasteiger partial charge in [0.2, 0.25) is 5.28 Å². The number of alkyl halides is 3. The highest BCUT2D eigenvalue weighted by Crippen LogP contribution is 2.31. The summed E-state index contributed by atoms with van der Waals surface area (Å²) in [5, 5.41) is -0.399. The molecule has 1 aliphatic heterocycles. The lowest BCUT2D eigenvalue weighted by molar-refractivity contribution is -0.141. The molecule has 1 fully saturated rings. The number of aromatic nitrogens is 2. The van der Waals surface area contributed by atoms with Crippen LogP contribution in [0.1, 0.15) is 18.5 Å². The van der Waals surface area contributed by atoms with E-state index < -0.39 is 17.2 Å². The Labute approximate surface area is 113 Å². The van der Waals surface area contributed by atoms with Crippen LogP contribution in [-0.2, 0) is 10.9 Å². The monoisotopic (exact) mass is 295 g/mol. The van der Waals surface area contributed by atoms with Crippen LogP contribution in [0.5, 0.6) is 0 Å². The van der Waals surface area contributed by atoms with Crippen LogP contribution in [-0.4, -0.2) is 36.3 Å². The van der Waals surface area contributed by atoms with Gasteiger partial charge in [-0.2, -0.15) is 13.2 Å². The lowest BCUT2D eigenvalue weighted by Crippen LogP contribution is -2.37. The van der Waals surface area contributed by atoms with Crippen LogP contribution in [0, 0.1) is 0 Å². The molecule has 0 spiro atoms. The molecule has 0 aromatic carbocycles. The third kappa shape index (κ3) is 3.48. The Morgan fingerprint density at radius 2 is 1.95 bits per heavy atom. The summed E-state index contributed by atoms with van der Waals surface area (Å²) >= 11 is 5.57. The van der Waals surface area contributed by atoms with Crippen molar-refractivity contribution in [3.63, 3.8) is 0 Å². The van der Waals surface area contributed by atoms with Crippen molar-refractivity contribution in [2.75, 3.05) is 25.2 Å². The summed E-state index contributed by atoms with van der Waals surface area (Å²) in [5.74, 6) is 0.180. The van der Waals surface area contributed by atoms with E-state index in [2.05, 4.69) is 9.97 Å². The van der Waals surface area contributed by atoms with Gasteiger partial charge in [0.05, 0.1) is 0 Å². The molecule has 19 heavy (non-hydrogen) atoms. The van der Waals surface area contributed by atoms with Gasteiger partial charge in [0.1, 0.15) is 5.82 Å². The van der Waals surface area contributed by atoms with Crippen molar-refractivity contribution >= 4 is 17.4 Å². The average Bonchev–Trinajstić information content (AvgIpc) is 2.37. The second-order valence-electron chi connectivity index (χ2n) is 4.33. The molecular formula is C11H13ClF3N3O. The molecule has 0 N–H and O–H groups in total. The van der Waals surface area contributed by atoms with Gasteiger partial charge in [-0.3, -0.25) is 0 Å². The fourth-order valence-corrected chi connectivity index (χ4v) is 2.17. The SMILES string of the molecule is CN(c1cc(C(F)(F)F)nc(Cl)n1)C1CCOCC1. The van der Waals surface area contributed by atoms with Gasteiger partial charge in [0, 0.05) is 32.4 Å². The molecule has 1 aliphatic rings. The molecule has 106 valence electrons. The van der Waals surface area contributed by atoms with Crippen molar-refractivity contribution in [2.45, 2.75) is 25.1 Å². The number of hydrogen-bond donors (Lipinski definition) is 0. The van der Waals surface area contributed by atoms with Crippen molar-refractivity contribution < 1.29 is 17.9 Å². The first kappa shape index (κ1) is 14.3. The van der Waals surface area contributed by atoms with E-state index in [4.69, 9.17) is 16.3 Å². The van der Waals surface area contributed by atoms with E-state index in [9.17, 15) is 13.2 Å². The summed E-state index contributed by atoms with van der Waals surface area (Å²) in [6.07, 6.45) is -3.03. The average molecular weight is 296 g/mol. The van der Waals surface area contributed by atoms with Gasteiger partial charge in [-0.15, -0.1) is 0 Å². The Balaban J connectivity index is 2.26. The molecule has 0 unspecified atom stereocenters. The van der Waals surface area contributed by atoms with E-state index in [1.54, 1.807) is 11.9 Å². The van der Waals surface area contributed by atoms with E-state index in [1.165, 1.54) is 0 Å². The van der Waals surface area contributed by atoms with Gasteiger partial charge < -0.3 is 9.64 Å². The molecular weight excluding hydrogens is 283 g/mol. The summed E-state index contributed by atoms with van der Waals surface area (Å²) in [4.78, 5) is 8.77. The highest BCUT2D eigenvalue weighted by atomic mass is 35.5. The van der Waals surface area contributed by atoms with Gasteiger partial charge in [0.25, 0.3) is 0 Å². The van der Waals surface area contributed by atoms with Crippen LogP contribution in [0.4, 0.5) is 19.0 Å². The Morgan fingerprint density at radius 3 is 2.53 bits per heavy atom. The number of nitrogens with zero attached hydrogens (tertiary/aromatic N) is 3. The third-order valence-corrected chi connectivity index (χ3v) is 3.24. The Kier molecular flexibility index (Phi) is 4.15. The number of halogens is 4. The Morgan fingerprint density at radius 1 is 1.32 bits per heavy atom. The minimum atomic E-state index is -4.53. The fourth-order valence-electron chi connectivity index (χ4n) is 1.99. The molecule has 0 aliphatic carbocycles. The van der Waals surface area contributed by atoms with Crippen molar-refractivity contribution in [1.29, 1.82) is 0 Å². The molecule has 0 bridgehead atoms. The topological polar surface area (TPSA) is 38.2 Å². The van der Waals surface area contributed by atoms with Crippen molar-refractivity contribution in [1.82, 2.24) is 9.97 Å². The maximum atomic E-state index is 12.7.